The van der Waals surface area contributed by atoms with Gasteiger partial charge in [0.1, 0.15) is 5.82 Å². The fourth-order valence-electron chi connectivity index (χ4n) is 1.27. The minimum atomic E-state index is -0.462. The number of carbonyl (C=O) groups is 1. The Morgan fingerprint density at radius 2 is 2.00 bits per heavy atom. The van der Waals surface area contributed by atoms with Crippen LogP contribution in [0.1, 0.15) is 22.8 Å². The van der Waals surface area contributed by atoms with Crippen molar-refractivity contribution in [1.29, 1.82) is 0 Å². The number of hydrogen-bond acceptors (Lipinski definition) is 1. The lowest BCUT2D eigenvalue weighted by atomic mass is 10.1. The minimum Gasteiger partial charge on any atom is -0.345 e. The van der Waals surface area contributed by atoms with Crippen LogP contribution in [0.4, 0.5) is 4.39 Å². The lowest BCUT2D eigenvalue weighted by Gasteiger charge is -2.26. The highest BCUT2D eigenvalue weighted by atomic mass is 79.9. The van der Waals surface area contributed by atoms with Gasteiger partial charge in [0.05, 0.1) is 11.1 Å². The van der Waals surface area contributed by atoms with Crippen molar-refractivity contribution >= 4 is 37.8 Å². The first-order valence-corrected chi connectivity index (χ1v) is 7.37. The second kappa shape index (κ2) is 5.96. The highest BCUT2D eigenvalue weighted by molar-refractivity contribution is 9.09. The number of aryl methyl sites for hydroxylation is 1. The molecule has 0 fully saturated rings. The van der Waals surface area contributed by atoms with Crippen LogP contribution < -0.4 is 5.32 Å². The van der Waals surface area contributed by atoms with Gasteiger partial charge in [0.2, 0.25) is 0 Å². The largest absolute Gasteiger partial charge is 0.345 e. The first-order valence-electron chi connectivity index (χ1n) is 5.13. The first-order chi connectivity index (χ1) is 7.93. The second-order valence-corrected chi connectivity index (χ2v) is 5.34. The quantitative estimate of drug-likeness (QED) is 0.813. The first kappa shape index (κ1) is 14.6. The van der Waals surface area contributed by atoms with E-state index >= 15 is 0 Å². The summed E-state index contributed by atoms with van der Waals surface area (Å²) in [6.07, 6.45) is 0. The van der Waals surface area contributed by atoms with Gasteiger partial charge in [-0.2, -0.15) is 0 Å². The third-order valence-electron chi connectivity index (χ3n) is 2.44. The SMILES string of the molecule is Cc1cccc(C(=O)NC(C)(CBr)CBr)c1F. The van der Waals surface area contributed by atoms with E-state index in [0.717, 1.165) is 0 Å². The highest BCUT2D eigenvalue weighted by Crippen LogP contribution is 2.16. The van der Waals surface area contributed by atoms with E-state index in [1.807, 2.05) is 6.92 Å². The Balaban J connectivity index is 2.94. The molecule has 0 bridgehead atoms. The zero-order valence-electron chi connectivity index (χ0n) is 9.69. The summed E-state index contributed by atoms with van der Waals surface area (Å²) in [6, 6.07) is 4.80. The van der Waals surface area contributed by atoms with Gasteiger partial charge in [-0.25, -0.2) is 4.39 Å². The molecule has 0 aliphatic heterocycles. The summed E-state index contributed by atoms with van der Waals surface area (Å²) in [5, 5.41) is 3.98. The molecule has 0 aliphatic rings. The summed E-state index contributed by atoms with van der Waals surface area (Å²) in [5.74, 6) is -0.857. The molecule has 0 aliphatic carbocycles. The van der Waals surface area contributed by atoms with Crippen LogP contribution in [0.5, 0.6) is 0 Å². The van der Waals surface area contributed by atoms with E-state index in [1.54, 1.807) is 19.1 Å². The molecular weight excluding hydrogens is 353 g/mol. The molecule has 1 N–H and O–H groups in total. The average Bonchev–Trinajstić information content (AvgIpc) is 2.32. The van der Waals surface area contributed by atoms with Crippen LogP contribution in [-0.2, 0) is 0 Å². The van der Waals surface area contributed by atoms with Crippen LogP contribution in [-0.4, -0.2) is 22.1 Å². The molecule has 1 rings (SSSR count). The Morgan fingerprint density at radius 3 is 2.53 bits per heavy atom. The molecule has 5 heteroatoms. The highest BCUT2D eigenvalue weighted by Gasteiger charge is 2.25. The molecule has 17 heavy (non-hydrogen) atoms. The van der Waals surface area contributed by atoms with Gasteiger partial charge in [0.25, 0.3) is 5.91 Å². The molecule has 0 aromatic heterocycles. The number of halogens is 3. The van der Waals surface area contributed by atoms with Crippen LogP contribution in [0.25, 0.3) is 0 Å². The Hall–Kier alpha value is -0.420. The van der Waals surface area contributed by atoms with E-state index < -0.39 is 17.3 Å². The number of alkyl halides is 2. The molecule has 0 atom stereocenters. The van der Waals surface area contributed by atoms with Crippen LogP contribution in [0.15, 0.2) is 18.2 Å². The van der Waals surface area contributed by atoms with Crippen molar-refractivity contribution in [1.82, 2.24) is 5.32 Å². The van der Waals surface area contributed by atoms with Crippen molar-refractivity contribution in [2.45, 2.75) is 19.4 Å². The molecule has 0 saturated carbocycles. The van der Waals surface area contributed by atoms with Crippen molar-refractivity contribution in [3.63, 3.8) is 0 Å². The number of nitrogens with one attached hydrogen (secondary N) is 1. The van der Waals surface area contributed by atoms with Crippen molar-refractivity contribution in [2.75, 3.05) is 10.7 Å². The zero-order chi connectivity index (χ0) is 13.1. The smallest absolute Gasteiger partial charge is 0.254 e. The number of hydrogen-bond donors (Lipinski definition) is 1. The van der Waals surface area contributed by atoms with Crippen molar-refractivity contribution in [2.24, 2.45) is 0 Å². The Morgan fingerprint density at radius 1 is 1.41 bits per heavy atom. The molecule has 0 heterocycles. The fraction of sp³-hybridized carbons (Fsp3) is 0.417. The van der Waals surface area contributed by atoms with Gasteiger partial charge in [-0.3, -0.25) is 4.79 Å². The van der Waals surface area contributed by atoms with Crippen LogP contribution in [0.2, 0.25) is 0 Å². The maximum absolute atomic E-state index is 13.8. The third-order valence-corrected chi connectivity index (χ3v) is 4.92. The van der Waals surface area contributed by atoms with E-state index in [2.05, 4.69) is 37.2 Å². The predicted molar refractivity (Wildman–Crippen MR) is 74.6 cm³/mol. The Bertz CT molecular complexity index is 419. The number of benzene rings is 1. The molecule has 2 nitrogen and oxygen atoms in total. The fourth-order valence-corrected chi connectivity index (χ4v) is 2.48. The molecule has 1 aromatic rings. The standard InChI is InChI=1S/C12H14Br2FNO/c1-8-4-3-5-9(10(8)15)11(17)16-12(2,6-13)7-14/h3-5H,6-7H2,1-2H3,(H,16,17). The summed E-state index contributed by atoms with van der Waals surface area (Å²) < 4.78 is 13.8. The number of rotatable bonds is 4. The molecule has 1 aromatic carbocycles. The van der Waals surface area contributed by atoms with Crippen LogP contribution >= 0.6 is 31.9 Å². The summed E-state index contributed by atoms with van der Waals surface area (Å²) >= 11 is 6.66. The van der Waals surface area contributed by atoms with Crippen molar-refractivity contribution < 1.29 is 9.18 Å². The van der Waals surface area contributed by atoms with E-state index in [1.165, 1.54) is 6.07 Å². The van der Waals surface area contributed by atoms with Crippen LogP contribution in [0.3, 0.4) is 0 Å². The van der Waals surface area contributed by atoms with E-state index in [9.17, 15) is 9.18 Å². The van der Waals surface area contributed by atoms with Gasteiger partial charge in [-0.05, 0) is 25.5 Å². The molecule has 94 valence electrons. The minimum absolute atomic E-state index is 0.0816. The molecule has 0 spiro atoms. The van der Waals surface area contributed by atoms with E-state index in [4.69, 9.17) is 0 Å². The van der Waals surface area contributed by atoms with Gasteiger partial charge in [0.15, 0.2) is 0 Å². The molecule has 0 saturated heterocycles. The van der Waals surface area contributed by atoms with Gasteiger partial charge in [0, 0.05) is 10.7 Å². The van der Waals surface area contributed by atoms with E-state index in [0.29, 0.717) is 16.2 Å². The number of amides is 1. The molecule has 0 radical (unpaired) electrons. The molecule has 0 unspecified atom stereocenters. The Labute approximate surface area is 117 Å². The monoisotopic (exact) mass is 365 g/mol. The second-order valence-electron chi connectivity index (χ2n) is 4.22. The third kappa shape index (κ3) is 3.52. The lowest BCUT2D eigenvalue weighted by Crippen LogP contribution is -2.49. The maximum Gasteiger partial charge on any atom is 0.254 e. The molecular formula is C12H14Br2FNO. The van der Waals surface area contributed by atoms with Gasteiger partial charge >= 0.3 is 0 Å². The lowest BCUT2D eigenvalue weighted by molar-refractivity contribution is 0.0918. The van der Waals surface area contributed by atoms with Gasteiger partial charge in [-0.15, -0.1) is 0 Å². The van der Waals surface area contributed by atoms with Crippen LogP contribution in [0, 0.1) is 12.7 Å². The summed E-state index contributed by atoms with van der Waals surface area (Å²) in [6.45, 7) is 3.52. The normalized spacial score (nSPS) is 11.4. The summed E-state index contributed by atoms with van der Waals surface area (Å²) in [5.41, 5.74) is 0.114. The van der Waals surface area contributed by atoms with E-state index in [-0.39, 0.29) is 5.56 Å². The van der Waals surface area contributed by atoms with Gasteiger partial charge in [-0.1, -0.05) is 44.0 Å². The number of carbonyl (C=O) groups excluding carboxylic acids is 1. The van der Waals surface area contributed by atoms with Crippen molar-refractivity contribution in [3.05, 3.63) is 35.1 Å². The predicted octanol–water partition coefficient (Wildman–Crippen LogP) is 3.41. The van der Waals surface area contributed by atoms with Crippen molar-refractivity contribution in [3.8, 4) is 0 Å². The average molecular weight is 367 g/mol. The zero-order valence-corrected chi connectivity index (χ0v) is 12.9. The Kier molecular flexibility index (Phi) is 5.13. The summed E-state index contributed by atoms with van der Waals surface area (Å²) in [7, 11) is 0. The van der Waals surface area contributed by atoms with Gasteiger partial charge < -0.3 is 5.32 Å². The maximum atomic E-state index is 13.8. The summed E-state index contributed by atoms with van der Waals surface area (Å²) in [4.78, 5) is 12.0. The molecule has 1 amide bonds. The topological polar surface area (TPSA) is 29.1 Å².